The fraction of sp³-hybridized carbons (Fsp3) is 0.467. The van der Waals surface area contributed by atoms with Gasteiger partial charge in [0.05, 0.1) is 29.3 Å². The molecule has 0 fully saturated rings. The summed E-state index contributed by atoms with van der Waals surface area (Å²) in [6.07, 6.45) is 0.768. The summed E-state index contributed by atoms with van der Waals surface area (Å²) in [5.41, 5.74) is 2.54. The fourth-order valence-corrected chi connectivity index (χ4v) is 2.31. The van der Waals surface area contributed by atoms with Crippen LogP contribution in [0.5, 0.6) is 0 Å². The van der Waals surface area contributed by atoms with Crippen LogP contribution >= 0.6 is 0 Å². The number of benzene rings is 1. The summed E-state index contributed by atoms with van der Waals surface area (Å²) >= 11 is 0. The summed E-state index contributed by atoms with van der Waals surface area (Å²) in [5, 5.41) is 8.97. The average Bonchev–Trinajstić information content (AvgIpc) is 2.72. The van der Waals surface area contributed by atoms with Gasteiger partial charge in [0.15, 0.2) is 0 Å². The minimum Gasteiger partial charge on any atom is -0.384 e. The third kappa shape index (κ3) is 2.61. The van der Waals surface area contributed by atoms with Gasteiger partial charge in [0.25, 0.3) is 0 Å². The molecule has 0 atom stereocenters. The first-order chi connectivity index (χ1) is 8.97. The van der Waals surface area contributed by atoms with Gasteiger partial charge in [0, 0.05) is 19.1 Å². The Morgan fingerprint density at radius 2 is 2.11 bits per heavy atom. The molecule has 0 aliphatic rings. The van der Waals surface area contributed by atoms with Crippen LogP contribution in [-0.4, -0.2) is 23.3 Å². The van der Waals surface area contributed by atoms with E-state index in [1.54, 1.807) is 7.11 Å². The normalized spacial score (nSPS) is 11.7. The summed E-state index contributed by atoms with van der Waals surface area (Å²) in [6.45, 7) is 7.11. The predicted molar refractivity (Wildman–Crippen MR) is 75.0 cm³/mol. The van der Waals surface area contributed by atoms with E-state index in [1.807, 2.05) is 18.2 Å². The monoisotopic (exact) mass is 257 g/mol. The lowest BCUT2D eigenvalue weighted by molar-refractivity contribution is 0.198. The Bertz CT molecular complexity index is 629. The Balaban J connectivity index is 2.63. The molecule has 0 spiro atoms. The predicted octanol–water partition coefficient (Wildman–Crippen LogP) is 2.85. The smallest absolute Gasteiger partial charge is 0.112 e. The van der Waals surface area contributed by atoms with E-state index in [4.69, 9.17) is 10.00 Å². The van der Waals surface area contributed by atoms with Crippen molar-refractivity contribution in [3.05, 3.63) is 29.6 Å². The van der Waals surface area contributed by atoms with Gasteiger partial charge in [0.2, 0.25) is 0 Å². The van der Waals surface area contributed by atoms with Crippen LogP contribution in [0.4, 0.5) is 0 Å². The lowest BCUT2D eigenvalue weighted by Gasteiger charge is -2.24. The van der Waals surface area contributed by atoms with Gasteiger partial charge in [-0.25, -0.2) is 4.98 Å². The minimum atomic E-state index is -0.0496. The van der Waals surface area contributed by atoms with E-state index in [2.05, 4.69) is 36.4 Å². The number of hydrogen-bond donors (Lipinski definition) is 0. The second-order valence-corrected chi connectivity index (χ2v) is 5.59. The molecule has 19 heavy (non-hydrogen) atoms. The van der Waals surface area contributed by atoms with Crippen LogP contribution in [0.2, 0.25) is 0 Å². The zero-order valence-corrected chi connectivity index (χ0v) is 11.9. The van der Waals surface area contributed by atoms with Crippen molar-refractivity contribution in [3.63, 3.8) is 0 Å². The lowest BCUT2D eigenvalue weighted by Crippen LogP contribution is -2.24. The number of nitriles is 1. The number of ether oxygens (including phenoxy) is 1. The van der Waals surface area contributed by atoms with Gasteiger partial charge in [-0.15, -0.1) is 0 Å². The number of imidazole rings is 1. The molecule has 0 saturated carbocycles. The van der Waals surface area contributed by atoms with Crippen LogP contribution in [0.1, 0.15) is 32.2 Å². The van der Waals surface area contributed by atoms with Crippen LogP contribution < -0.4 is 0 Å². The average molecular weight is 257 g/mol. The Morgan fingerprint density at radius 3 is 2.68 bits per heavy atom. The van der Waals surface area contributed by atoms with Gasteiger partial charge in [-0.1, -0.05) is 0 Å². The highest BCUT2D eigenvalue weighted by atomic mass is 16.5. The third-order valence-electron chi connectivity index (χ3n) is 3.05. The molecule has 0 aliphatic heterocycles. The van der Waals surface area contributed by atoms with E-state index in [-0.39, 0.29) is 5.54 Å². The maximum absolute atomic E-state index is 8.97. The number of fused-ring (bicyclic) bond motifs is 1. The Kier molecular flexibility index (Phi) is 3.59. The van der Waals surface area contributed by atoms with Crippen LogP contribution in [0, 0.1) is 11.3 Å². The second-order valence-electron chi connectivity index (χ2n) is 5.59. The zero-order chi connectivity index (χ0) is 14.0. The quantitative estimate of drug-likeness (QED) is 0.849. The van der Waals surface area contributed by atoms with Crippen molar-refractivity contribution in [2.24, 2.45) is 0 Å². The van der Waals surface area contributed by atoms with Crippen molar-refractivity contribution in [2.45, 2.75) is 32.7 Å². The number of rotatable bonds is 3. The van der Waals surface area contributed by atoms with Crippen molar-refractivity contribution in [1.29, 1.82) is 5.26 Å². The Morgan fingerprint density at radius 1 is 1.37 bits per heavy atom. The molecule has 0 aliphatic carbocycles. The number of hydrogen-bond acceptors (Lipinski definition) is 3. The molecule has 2 aromatic rings. The van der Waals surface area contributed by atoms with Crippen molar-refractivity contribution in [1.82, 2.24) is 9.55 Å². The van der Waals surface area contributed by atoms with E-state index >= 15 is 0 Å². The highest BCUT2D eigenvalue weighted by molar-refractivity contribution is 5.78. The van der Waals surface area contributed by atoms with Crippen LogP contribution in [0.15, 0.2) is 18.2 Å². The first-order valence-corrected chi connectivity index (χ1v) is 6.38. The van der Waals surface area contributed by atoms with Gasteiger partial charge in [0.1, 0.15) is 5.82 Å². The summed E-state index contributed by atoms with van der Waals surface area (Å²) in [4.78, 5) is 4.66. The summed E-state index contributed by atoms with van der Waals surface area (Å²) in [5.74, 6) is 0.999. The lowest BCUT2D eigenvalue weighted by atomic mass is 10.1. The molecule has 0 unspecified atom stereocenters. The van der Waals surface area contributed by atoms with Crippen molar-refractivity contribution in [2.75, 3.05) is 13.7 Å². The Labute approximate surface area is 113 Å². The number of nitrogens with zero attached hydrogens (tertiary/aromatic N) is 3. The van der Waals surface area contributed by atoms with Gasteiger partial charge in [-0.2, -0.15) is 5.26 Å². The van der Waals surface area contributed by atoms with Gasteiger partial charge < -0.3 is 9.30 Å². The van der Waals surface area contributed by atoms with Gasteiger partial charge in [-0.05, 0) is 39.0 Å². The molecular formula is C15H19N3O. The maximum Gasteiger partial charge on any atom is 0.112 e. The topological polar surface area (TPSA) is 50.8 Å². The van der Waals surface area contributed by atoms with Crippen LogP contribution in [0.25, 0.3) is 11.0 Å². The molecular weight excluding hydrogens is 238 g/mol. The highest BCUT2D eigenvalue weighted by Gasteiger charge is 2.21. The van der Waals surface area contributed by atoms with E-state index in [0.29, 0.717) is 12.2 Å². The molecule has 1 aromatic heterocycles. The molecule has 0 bridgehead atoms. The molecule has 4 nitrogen and oxygen atoms in total. The van der Waals surface area contributed by atoms with E-state index in [0.717, 1.165) is 23.3 Å². The molecule has 4 heteroatoms. The van der Waals surface area contributed by atoms with Crippen LogP contribution in [0.3, 0.4) is 0 Å². The molecule has 1 aromatic carbocycles. The maximum atomic E-state index is 8.97. The standard InChI is InChI=1S/C15H19N3O/c1-15(2,3)18-13-6-5-11(10-16)9-12(13)17-14(18)7-8-19-4/h5-6,9H,7-8H2,1-4H3. The molecule has 2 rings (SSSR count). The van der Waals surface area contributed by atoms with E-state index < -0.39 is 0 Å². The first kappa shape index (κ1) is 13.6. The number of methoxy groups -OCH3 is 1. The molecule has 0 N–H and O–H groups in total. The largest absolute Gasteiger partial charge is 0.384 e. The van der Waals surface area contributed by atoms with Crippen molar-refractivity contribution < 1.29 is 4.74 Å². The van der Waals surface area contributed by atoms with Gasteiger partial charge in [-0.3, -0.25) is 0 Å². The fourth-order valence-electron chi connectivity index (χ4n) is 2.31. The summed E-state index contributed by atoms with van der Waals surface area (Å²) in [7, 11) is 1.69. The van der Waals surface area contributed by atoms with Gasteiger partial charge >= 0.3 is 0 Å². The number of aromatic nitrogens is 2. The summed E-state index contributed by atoms with van der Waals surface area (Å²) in [6, 6.07) is 7.81. The van der Waals surface area contributed by atoms with E-state index in [1.165, 1.54) is 0 Å². The van der Waals surface area contributed by atoms with Crippen molar-refractivity contribution >= 4 is 11.0 Å². The highest BCUT2D eigenvalue weighted by Crippen LogP contribution is 2.26. The van der Waals surface area contributed by atoms with E-state index in [9.17, 15) is 0 Å². The second kappa shape index (κ2) is 5.02. The first-order valence-electron chi connectivity index (χ1n) is 6.38. The molecule has 1 heterocycles. The molecule has 0 radical (unpaired) electrons. The third-order valence-corrected chi connectivity index (χ3v) is 3.05. The SMILES string of the molecule is COCCc1nc2cc(C#N)ccc2n1C(C)(C)C. The molecule has 0 amide bonds. The van der Waals surface area contributed by atoms with Crippen molar-refractivity contribution in [3.8, 4) is 6.07 Å². The molecule has 100 valence electrons. The Hall–Kier alpha value is -1.86. The zero-order valence-electron chi connectivity index (χ0n) is 11.9. The molecule has 0 saturated heterocycles. The summed E-state index contributed by atoms with van der Waals surface area (Å²) < 4.78 is 7.37. The minimum absolute atomic E-state index is 0.0496. The van der Waals surface area contributed by atoms with Crippen LogP contribution in [-0.2, 0) is 16.7 Å².